The summed E-state index contributed by atoms with van der Waals surface area (Å²) in [4.78, 5) is 2.27. The van der Waals surface area contributed by atoms with E-state index in [1.54, 1.807) is 0 Å². The molecule has 0 saturated carbocycles. The number of hydrazone groups is 1. The van der Waals surface area contributed by atoms with Crippen molar-refractivity contribution in [2.75, 3.05) is 17.0 Å². The molecule has 0 aliphatic carbocycles. The number of para-hydroxylation sites is 3. The summed E-state index contributed by atoms with van der Waals surface area (Å²) < 4.78 is 0. The van der Waals surface area contributed by atoms with Crippen molar-refractivity contribution in [1.29, 1.82) is 0 Å². The van der Waals surface area contributed by atoms with Crippen molar-refractivity contribution in [3.8, 4) is 11.1 Å². The first-order chi connectivity index (χ1) is 17.3. The van der Waals surface area contributed by atoms with Gasteiger partial charge in [0.1, 0.15) is 0 Å². The first-order valence-electron chi connectivity index (χ1n) is 11.7. The van der Waals surface area contributed by atoms with Crippen molar-refractivity contribution in [3.63, 3.8) is 0 Å². The fourth-order valence-corrected chi connectivity index (χ4v) is 4.03. The van der Waals surface area contributed by atoms with Gasteiger partial charge in [-0.25, -0.2) is 0 Å². The molecule has 5 aromatic rings. The Bertz CT molecular complexity index is 1320. The number of nitrogens with zero attached hydrogens (tertiary/aromatic N) is 3. The Morgan fingerprint density at radius 3 is 1.34 bits per heavy atom. The number of anilines is 4. The molecule has 0 aliphatic heterocycles. The Morgan fingerprint density at radius 1 is 0.457 bits per heavy atom. The Labute approximate surface area is 207 Å². The predicted octanol–water partition coefficient (Wildman–Crippen LogP) is 8.29. The summed E-state index contributed by atoms with van der Waals surface area (Å²) in [6.07, 6.45) is 1.89. The largest absolute Gasteiger partial charge is 0.311 e. The lowest BCUT2D eigenvalue weighted by Crippen LogP contribution is -2.09. The van der Waals surface area contributed by atoms with E-state index < -0.39 is 0 Å². The molecule has 0 radical (unpaired) electrons. The van der Waals surface area contributed by atoms with E-state index >= 15 is 0 Å². The Morgan fingerprint density at radius 2 is 0.857 bits per heavy atom. The molecule has 0 spiro atoms. The highest BCUT2D eigenvalue weighted by Gasteiger charge is 2.11. The molecular weight excluding hydrogens is 426 g/mol. The number of hydrogen-bond donors (Lipinski definition) is 0. The molecule has 3 nitrogen and oxygen atoms in total. The third-order valence-electron chi connectivity index (χ3n) is 5.91. The maximum Gasteiger partial charge on any atom is 0.0590 e. The highest BCUT2D eigenvalue weighted by molar-refractivity contribution is 5.82. The molecule has 0 amide bonds. The minimum absolute atomic E-state index is 1.06. The van der Waals surface area contributed by atoms with Crippen LogP contribution in [0, 0.1) is 0 Å². The monoisotopic (exact) mass is 453 g/mol. The molecule has 0 bridgehead atoms. The van der Waals surface area contributed by atoms with Crippen LogP contribution in [0.3, 0.4) is 0 Å². The molecule has 0 aromatic heterocycles. The molecule has 0 aliphatic rings. The zero-order chi connectivity index (χ0) is 23.9. The van der Waals surface area contributed by atoms with Gasteiger partial charge in [-0.05, 0) is 65.2 Å². The number of rotatable bonds is 7. The number of hydrogen-bond acceptors (Lipinski definition) is 3. The van der Waals surface area contributed by atoms with Crippen LogP contribution < -0.4 is 9.91 Å². The predicted molar refractivity (Wildman–Crippen MR) is 149 cm³/mol. The number of benzene rings is 5. The van der Waals surface area contributed by atoms with E-state index in [0.717, 1.165) is 28.3 Å². The molecule has 0 heterocycles. The minimum Gasteiger partial charge on any atom is -0.311 e. The van der Waals surface area contributed by atoms with Gasteiger partial charge in [-0.15, -0.1) is 0 Å². The van der Waals surface area contributed by atoms with Crippen LogP contribution in [0.15, 0.2) is 145 Å². The summed E-state index contributed by atoms with van der Waals surface area (Å²) >= 11 is 0. The quantitative estimate of drug-likeness (QED) is 0.182. The lowest BCUT2D eigenvalue weighted by Gasteiger charge is -2.25. The maximum absolute atomic E-state index is 4.56. The van der Waals surface area contributed by atoms with E-state index in [1.807, 2.05) is 60.7 Å². The van der Waals surface area contributed by atoms with Crippen LogP contribution in [0.4, 0.5) is 22.7 Å². The van der Waals surface area contributed by atoms with Crippen molar-refractivity contribution in [2.24, 2.45) is 5.10 Å². The van der Waals surface area contributed by atoms with Crippen LogP contribution >= 0.6 is 0 Å². The van der Waals surface area contributed by atoms with Crippen LogP contribution in [-0.4, -0.2) is 13.3 Å². The molecule has 0 atom stereocenters. The van der Waals surface area contributed by atoms with Gasteiger partial charge in [-0.1, -0.05) is 91.0 Å². The first kappa shape index (κ1) is 22.2. The fraction of sp³-hybridized carbons (Fsp3) is 0.0312. The van der Waals surface area contributed by atoms with Crippen molar-refractivity contribution in [2.45, 2.75) is 0 Å². The van der Waals surface area contributed by atoms with Gasteiger partial charge in [0.15, 0.2) is 0 Å². The van der Waals surface area contributed by atoms with Gasteiger partial charge in [0, 0.05) is 24.1 Å². The SMILES string of the molecule is CN(N=Cc1ccc(-c2ccc(N(c3ccccc3)c3ccccc3)cc2)cc1)c1ccccc1. The molecule has 0 unspecified atom stereocenters. The Balaban J connectivity index is 1.35. The van der Waals surface area contributed by atoms with Crippen molar-refractivity contribution >= 4 is 29.0 Å². The van der Waals surface area contributed by atoms with Crippen molar-refractivity contribution < 1.29 is 0 Å². The fourth-order valence-electron chi connectivity index (χ4n) is 4.03. The molecule has 5 rings (SSSR count). The summed E-state index contributed by atoms with van der Waals surface area (Å²) in [6.45, 7) is 0. The van der Waals surface area contributed by atoms with Gasteiger partial charge in [0.05, 0.1) is 11.9 Å². The maximum atomic E-state index is 4.56. The third kappa shape index (κ3) is 5.31. The second kappa shape index (κ2) is 10.5. The highest BCUT2D eigenvalue weighted by atomic mass is 15.4. The van der Waals surface area contributed by atoms with Crippen LogP contribution in [-0.2, 0) is 0 Å². The van der Waals surface area contributed by atoms with Crippen molar-refractivity contribution in [3.05, 3.63) is 145 Å². The molecule has 0 fully saturated rings. The van der Waals surface area contributed by atoms with E-state index in [2.05, 4.69) is 107 Å². The summed E-state index contributed by atoms with van der Waals surface area (Å²) in [5.74, 6) is 0. The molecular formula is C32H27N3. The first-order valence-corrected chi connectivity index (χ1v) is 11.7. The second-order valence-electron chi connectivity index (χ2n) is 8.28. The van der Waals surface area contributed by atoms with E-state index in [9.17, 15) is 0 Å². The minimum atomic E-state index is 1.06. The van der Waals surface area contributed by atoms with Crippen LogP contribution in [0.2, 0.25) is 0 Å². The highest BCUT2D eigenvalue weighted by Crippen LogP contribution is 2.35. The smallest absolute Gasteiger partial charge is 0.0590 e. The van der Waals surface area contributed by atoms with Crippen LogP contribution in [0.5, 0.6) is 0 Å². The van der Waals surface area contributed by atoms with E-state index in [1.165, 1.54) is 11.1 Å². The Hall–Kier alpha value is -4.63. The Kier molecular flexibility index (Phi) is 6.67. The van der Waals surface area contributed by atoms with E-state index in [4.69, 9.17) is 0 Å². The third-order valence-corrected chi connectivity index (χ3v) is 5.91. The molecule has 3 heteroatoms. The summed E-state index contributed by atoms with van der Waals surface area (Å²) in [7, 11) is 1.95. The van der Waals surface area contributed by atoms with Gasteiger partial charge in [0.2, 0.25) is 0 Å². The molecule has 5 aromatic carbocycles. The van der Waals surface area contributed by atoms with Gasteiger partial charge in [0.25, 0.3) is 0 Å². The average molecular weight is 454 g/mol. The topological polar surface area (TPSA) is 18.8 Å². The summed E-state index contributed by atoms with van der Waals surface area (Å²) in [5, 5.41) is 6.43. The van der Waals surface area contributed by atoms with Gasteiger partial charge in [-0.3, -0.25) is 5.01 Å². The summed E-state index contributed by atoms with van der Waals surface area (Å²) in [5.41, 5.74) is 7.87. The second-order valence-corrected chi connectivity index (χ2v) is 8.28. The molecule has 0 N–H and O–H groups in total. The average Bonchev–Trinajstić information content (AvgIpc) is 2.94. The molecule has 170 valence electrons. The normalized spacial score (nSPS) is 10.9. The molecule has 0 saturated heterocycles. The van der Waals surface area contributed by atoms with Crippen molar-refractivity contribution in [1.82, 2.24) is 0 Å². The van der Waals surface area contributed by atoms with Crippen LogP contribution in [0.1, 0.15) is 5.56 Å². The lowest BCUT2D eigenvalue weighted by atomic mass is 10.0. The van der Waals surface area contributed by atoms with Gasteiger partial charge < -0.3 is 4.90 Å². The van der Waals surface area contributed by atoms with Gasteiger partial charge in [-0.2, -0.15) is 5.10 Å². The standard InChI is InChI=1S/C32H27N3/c1-34(29-11-5-2-6-12-29)33-25-26-17-19-27(20-18-26)28-21-23-32(24-22-28)35(30-13-7-3-8-14-30)31-15-9-4-10-16-31/h2-25H,1H3. The summed E-state index contributed by atoms with van der Waals surface area (Å²) in [6, 6.07) is 48.3. The van der Waals surface area contributed by atoms with Crippen LogP contribution in [0.25, 0.3) is 11.1 Å². The van der Waals surface area contributed by atoms with E-state index in [0.29, 0.717) is 0 Å². The zero-order valence-corrected chi connectivity index (χ0v) is 19.7. The van der Waals surface area contributed by atoms with Gasteiger partial charge >= 0.3 is 0 Å². The van der Waals surface area contributed by atoms with E-state index in [-0.39, 0.29) is 0 Å². The zero-order valence-electron chi connectivity index (χ0n) is 19.7. The molecule has 35 heavy (non-hydrogen) atoms. The lowest BCUT2D eigenvalue weighted by molar-refractivity contribution is 1.02.